The number of sulfonamides is 2. The minimum atomic E-state index is -3.85. The quantitative estimate of drug-likeness (QED) is 0.0874. The number of benzene rings is 2. The van der Waals surface area contributed by atoms with Crippen LogP contribution in [-0.2, 0) is 58.4 Å². The summed E-state index contributed by atoms with van der Waals surface area (Å²) in [4.78, 5) is 132. The maximum absolute atomic E-state index is 15.1. The predicted molar refractivity (Wildman–Crippen MR) is 437 cm³/mol. The van der Waals surface area contributed by atoms with Gasteiger partial charge in [-0.2, -0.15) is 0 Å². The Labute approximate surface area is 673 Å². The first kappa shape index (κ1) is 83.9. The van der Waals surface area contributed by atoms with E-state index in [9.17, 15) is 45.6 Å². The Morgan fingerprint density at radius 2 is 0.930 bits per heavy atom. The molecule has 2 aromatic carbocycles. The molecule has 24 nitrogen and oxygen atoms in total. The van der Waals surface area contributed by atoms with E-state index in [0.29, 0.717) is 89.2 Å². The second-order valence-electron chi connectivity index (χ2n) is 37.5. The van der Waals surface area contributed by atoms with Gasteiger partial charge in [0.25, 0.3) is 0 Å². The van der Waals surface area contributed by atoms with Crippen molar-refractivity contribution < 1.29 is 74.1 Å². The Bertz CT molecular complexity index is 4370. The number of likely N-dealkylation sites (N-methyl/N-ethyl adjacent to an activating group) is 2. The highest BCUT2D eigenvalue weighted by Gasteiger charge is 2.64. The lowest BCUT2D eigenvalue weighted by atomic mass is 9.77. The Morgan fingerprint density at radius 1 is 0.544 bits per heavy atom. The van der Waals surface area contributed by atoms with Gasteiger partial charge >= 0.3 is 0 Å². The van der Waals surface area contributed by atoms with Crippen LogP contribution in [0.4, 0.5) is 11.4 Å². The number of hydrogen-bond acceptors (Lipinski definition) is 20. The average Bonchev–Trinajstić information content (AvgIpc) is 1.60. The number of nitrogens with one attached hydrogen (secondary N) is 2. The minimum absolute atomic E-state index is 0.0205. The summed E-state index contributed by atoms with van der Waals surface area (Å²) >= 11 is 0. The van der Waals surface area contributed by atoms with Gasteiger partial charge in [0.05, 0.1) is 71.0 Å². The van der Waals surface area contributed by atoms with E-state index >= 15 is 9.59 Å². The Kier molecular flexibility index (Phi) is 24.7. The van der Waals surface area contributed by atoms with Gasteiger partial charge < -0.3 is 38.5 Å². The number of pyridine rings is 2. The van der Waals surface area contributed by atoms with Crippen LogP contribution in [0.3, 0.4) is 0 Å². The molecule has 0 radical (unpaired) electrons. The van der Waals surface area contributed by atoms with Gasteiger partial charge in [0, 0.05) is 111 Å². The summed E-state index contributed by atoms with van der Waals surface area (Å²) in [6.45, 7) is 23.4. The Hall–Kier alpha value is -8.00. The van der Waals surface area contributed by atoms with Gasteiger partial charge in [-0.1, -0.05) is 106 Å². The fraction of sp³-hybridized carbons (Fsp3) is 0.659. The fourth-order valence-corrected chi connectivity index (χ4v) is 21.7. The maximum atomic E-state index is 15.1. The van der Waals surface area contributed by atoms with E-state index in [-0.39, 0.29) is 133 Å². The molecule has 4 aromatic rings. The number of nitrogens with zero attached hydrogens (tertiary/aromatic N) is 6. The standard InChI is InChI=1S/2C44H60N4O8S/c2*1-7-28-20-27(2)10-8-9-11-29-23-44(29,42(52)46-57(53,54)32-12-13-32)25-38(50)37-22-31(26-48(37)41(51)35(28)21-30(49)24-43(3,4)5)56-40-34-14-15-36-39(33(34)16-17-45-40)55-19-18-47(36)6/h2*9,11,14-17,27-29,31-32,35,37H,7-8,10,12-13,18-26H2,1-6H3,(H,46,52)/b2*11-9-/t27-,28+,29+,31+,35-,37-,44+;27-,28-,29-,31-,35+,37+,44-/m01/s1. The van der Waals surface area contributed by atoms with Crippen molar-refractivity contribution in [1.29, 1.82) is 0 Å². The number of rotatable bonds is 18. The van der Waals surface area contributed by atoms with Crippen molar-refractivity contribution in [2.75, 3.05) is 63.3 Å². The molecule has 0 unspecified atom stereocenters. The van der Waals surface area contributed by atoms with Crippen LogP contribution in [0.1, 0.15) is 210 Å². The molecule has 14 atom stereocenters. The fourth-order valence-electron chi connectivity index (χ4n) is 18.9. The molecular weight excluding hydrogens is 1490 g/mol. The molecule has 10 aliphatic rings. The first-order chi connectivity index (χ1) is 54.0. The minimum Gasteiger partial charge on any atom is -0.489 e. The molecule has 0 spiro atoms. The van der Waals surface area contributed by atoms with Crippen molar-refractivity contribution in [2.45, 2.75) is 245 Å². The predicted octanol–water partition coefficient (Wildman–Crippen LogP) is 12.8. The van der Waals surface area contributed by atoms with Crippen LogP contribution < -0.4 is 38.2 Å². The molecule has 4 amide bonds. The highest BCUT2D eigenvalue weighted by Crippen LogP contribution is 2.59. The average molecular weight is 1610 g/mol. The number of aromatic nitrogens is 2. The number of allylic oxidation sites excluding steroid dienone is 4. The van der Waals surface area contributed by atoms with Crippen LogP contribution >= 0.6 is 0 Å². The number of ether oxygens (including phenoxy) is 4. The summed E-state index contributed by atoms with van der Waals surface area (Å²) in [5, 5.41) is 2.03. The number of Topliss-reactive ketones (excluding diaryl/α,β-unsaturated/α-hetero) is 4. The molecule has 4 aliphatic carbocycles. The first-order valence-corrected chi connectivity index (χ1v) is 45.1. The molecule has 6 fully saturated rings. The van der Waals surface area contributed by atoms with Gasteiger partial charge in [-0.05, 0) is 160 Å². The largest absolute Gasteiger partial charge is 0.489 e. The summed E-state index contributed by atoms with van der Waals surface area (Å²) in [6.07, 6.45) is 19.8. The lowest BCUT2D eigenvalue weighted by Crippen LogP contribution is -2.47. The first-order valence-electron chi connectivity index (χ1n) is 42.0. The smallest absolute Gasteiger partial charge is 0.240 e. The number of hydrogen-bond donors (Lipinski definition) is 2. The van der Waals surface area contributed by atoms with Gasteiger partial charge in [-0.15, -0.1) is 0 Å². The molecule has 2 saturated heterocycles. The van der Waals surface area contributed by atoms with Crippen LogP contribution in [0.15, 0.2) is 73.1 Å². The summed E-state index contributed by atoms with van der Waals surface area (Å²) < 4.78 is 82.1. The van der Waals surface area contributed by atoms with E-state index in [0.717, 1.165) is 96.0 Å². The van der Waals surface area contributed by atoms with Crippen LogP contribution in [0.25, 0.3) is 21.5 Å². The van der Waals surface area contributed by atoms with Crippen LogP contribution in [-0.4, -0.2) is 172 Å². The van der Waals surface area contributed by atoms with Gasteiger partial charge in [0.2, 0.25) is 55.4 Å². The second-order valence-corrected chi connectivity index (χ2v) is 41.4. The van der Waals surface area contributed by atoms with Crippen molar-refractivity contribution in [1.82, 2.24) is 29.2 Å². The topological polar surface area (TPSA) is 305 Å². The van der Waals surface area contributed by atoms with Crippen molar-refractivity contribution in [2.24, 2.45) is 69.0 Å². The zero-order valence-electron chi connectivity index (χ0n) is 68.8. The SMILES string of the molecule is CC[C@@H]1C[C@@H](C)CC/C=C\[C@@H]2C[C@@]2(C(=O)NS(=O)(=O)C2CC2)CC(=O)[C@@H]2C[C@@H](Oc3nccc4c5c(ccc34)N(C)CCO5)CN2C(=O)[C@H]1CC(=O)CC(C)(C)C.CC[C@@H]1C[C@H](C)CC/C=C\[C@@H]2C[C@@]2(C(=O)NS(=O)(=O)C2CC2)CC(=O)[C@@H]2C[C@@H](Oc3nccc4c5c(ccc34)N(C)CCO5)CN2C(=O)[C@H]1CC(=O)CC(C)(C)C. The van der Waals surface area contributed by atoms with Crippen molar-refractivity contribution in [3.63, 3.8) is 0 Å². The van der Waals surface area contributed by atoms with E-state index < -0.39 is 89.3 Å². The Balaban J connectivity index is 0.000000199. The molecule has 620 valence electrons. The summed E-state index contributed by atoms with van der Waals surface area (Å²) in [7, 11) is -3.65. The van der Waals surface area contributed by atoms with Crippen molar-refractivity contribution >= 4 is 99.7 Å². The number of carbonyl (C=O) groups is 8. The third-order valence-corrected chi connectivity index (χ3v) is 29.4. The number of anilines is 2. The monoisotopic (exact) mass is 1610 g/mol. The molecule has 14 rings (SSSR count). The van der Waals surface area contributed by atoms with Crippen LogP contribution in [0.5, 0.6) is 23.3 Å². The summed E-state index contributed by atoms with van der Waals surface area (Å²) in [6, 6.07) is 9.79. The van der Waals surface area contributed by atoms with Gasteiger partial charge in [0.15, 0.2) is 23.1 Å². The van der Waals surface area contributed by atoms with E-state index in [2.05, 4.69) is 69.1 Å². The highest BCUT2D eigenvalue weighted by molar-refractivity contribution is 7.91. The number of carbonyl (C=O) groups excluding carboxylic acids is 8. The normalized spacial score (nSPS) is 30.3. The van der Waals surface area contributed by atoms with E-state index in [1.807, 2.05) is 104 Å². The molecule has 114 heavy (non-hydrogen) atoms. The van der Waals surface area contributed by atoms with Gasteiger partial charge in [-0.3, -0.25) is 47.8 Å². The number of fused-ring (bicyclic) bond motifs is 10. The lowest BCUT2D eigenvalue weighted by Gasteiger charge is -2.33. The zero-order valence-corrected chi connectivity index (χ0v) is 70.5. The Morgan fingerprint density at radius 3 is 1.29 bits per heavy atom. The molecule has 26 heteroatoms. The third kappa shape index (κ3) is 18.8. The molecule has 2 N–H and O–H groups in total. The number of ketones is 4. The van der Waals surface area contributed by atoms with Gasteiger partial charge in [0.1, 0.15) is 37.0 Å². The maximum Gasteiger partial charge on any atom is 0.240 e. The molecule has 0 bridgehead atoms. The van der Waals surface area contributed by atoms with E-state index in [1.54, 1.807) is 22.2 Å². The molecule has 4 saturated carbocycles. The van der Waals surface area contributed by atoms with E-state index in [4.69, 9.17) is 18.9 Å². The van der Waals surface area contributed by atoms with Crippen molar-refractivity contribution in [3.8, 4) is 23.3 Å². The van der Waals surface area contributed by atoms with E-state index in [1.165, 1.54) is 0 Å². The summed E-state index contributed by atoms with van der Waals surface area (Å²) in [5.41, 5.74) is -1.02. The zero-order chi connectivity index (χ0) is 81.7. The third-order valence-electron chi connectivity index (χ3n) is 25.8. The van der Waals surface area contributed by atoms with Gasteiger partial charge in [-0.25, -0.2) is 26.8 Å². The molecular formula is C88H120N8O16S2. The molecule has 6 aliphatic heterocycles. The molecule has 2 aromatic heterocycles. The lowest BCUT2D eigenvalue weighted by molar-refractivity contribution is -0.145. The van der Waals surface area contributed by atoms with Crippen molar-refractivity contribution in [3.05, 3.63) is 73.1 Å². The summed E-state index contributed by atoms with van der Waals surface area (Å²) in [5.74, 6) is -1.63. The number of amides is 4. The second kappa shape index (κ2) is 33.5. The highest BCUT2D eigenvalue weighted by atomic mass is 32.2. The van der Waals surface area contributed by atoms with Crippen LogP contribution in [0.2, 0.25) is 0 Å². The molecule has 8 heterocycles. The van der Waals surface area contributed by atoms with Crippen LogP contribution in [0, 0.1) is 69.0 Å².